The van der Waals surface area contributed by atoms with Crippen LogP contribution in [0, 0.1) is 5.92 Å². The number of hydrogen-bond acceptors (Lipinski definition) is 4. The van der Waals surface area contributed by atoms with Crippen LogP contribution in [-0.2, 0) is 11.2 Å². The molecule has 0 spiro atoms. The molecule has 1 saturated carbocycles. The second-order valence-electron chi connectivity index (χ2n) is 6.58. The van der Waals surface area contributed by atoms with Gasteiger partial charge in [0.15, 0.2) is 0 Å². The number of amides is 1. The van der Waals surface area contributed by atoms with Gasteiger partial charge in [0.2, 0.25) is 5.91 Å². The topological polar surface area (TPSA) is 66.0 Å². The summed E-state index contributed by atoms with van der Waals surface area (Å²) < 4.78 is 0. The van der Waals surface area contributed by atoms with Gasteiger partial charge < -0.3 is 5.32 Å². The summed E-state index contributed by atoms with van der Waals surface area (Å²) in [6.07, 6.45) is 8.29. The number of aromatic nitrogens is 1. The van der Waals surface area contributed by atoms with Crippen LogP contribution < -0.4 is 16.2 Å². The molecular formula is C20H26N4O. The smallest absolute Gasteiger partial charge is 0.227 e. The Kier molecular flexibility index (Phi) is 6.54. The first-order valence-corrected chi connectivity index (χ1v) is 9.04. The van der Waals surface area contributed by atoms with Crippen LogP contribution in [0.25, 0.3) is 0 Å². The van der Waals surface area contributed by atoms with Gasteiger partial charge in [-0.2, -0.15) is 0 Å². The van der Waals surface area contributed by atoms with Gasteiger partial charge in [0.1, 0.15) is 0 Å². The van der Waals surface area contributed by atoms with Crippen molar-refractivity contribution in [2.24, 2.45) is 5.92 Å². The lowest BCUT2D eigenvalue weighted by Gasteiger charge is -2.28. The number of rotatable bonds is 7. The summed E-state index contributed by atoms with van der Waals surface area (Å²) in [4.78, 5) is 16.3. The predicted molar refractivity (Wildman–Crippen MR) is 99.9 cm³/mol. The van der Waals surface area contributed by atoms with Crippen molar-refractivity contribution < 1.29 is 4.79 Å². The fourth-order valence-electron chi connectivity index (χ4n) is 3.25. The molecule has 0 saturated heterocycles. The van der Waals surface area contributed by atoms with E-state index in [1.807, 2.05) is 18.2 Å². The zero-order valence-corrected chi connectivity index (χ0v) is 14.4. The predicted octanol–water partition coefficient (Wildman–Crippen LogP) is 2.92. The standard InChI is InChI=1S/C20H26N4O/c25-20(23-18-11-13-21-14-12-18)17-6-8-19(9-7-17)24-22-15-10-16-4-2-1-3-5-16/h1-5,11-14,17,19,22,24H,6-10,15H2,(H,21,23,25). The highest BCUT2D eigenvalue weighted by Crippen LogP contribution is 2.25. The number of carbonyl (C=O) groups excluding carboxylic acids is 1. The molecule has 0 radical (unpaired) electrons. The maximum absolute atomic E-state index is 12.3. The van der Waals surface area contributed by atoms with Crippen molar-refractivity contribution in [2.45, 2.75) is 38.1 Å². The molecule has 0 unspecified atom stereocenters. The van der Waals surface area contributed by atoms with Crippen molar-refractivity contribution >= 4 is 11.6 Å². The van der Waals surface area contributed by atoms with Crippen molar-refractivity contribution in [2.75, 3.05) is 11.9 Å². The van der Waals surface area contributed by atoms with E-state index in [4.69, 9.17) is 0 Å². The van der Waals surface area contributed by atoms with Gasteiger partial charge >= 0.3 is 0 Å². The Hall–Kier alpha value is -2.24. The minimum absolute atomic E-state index is 0.107. The number of hydrazine groups is 1. The van der Waals surface area contributed by atoms with Crippen LogP contribution >= 0.6 is 0 Å². The number of hydrogen-bond donors (Lipinski definition) is 3. The van der Waals surface area contributed by atoms with E-state index in [9.17, 15) is 4.79 Å². The van der Waals surface area contributed by atoms with E-state index in [0.717, 1.165) is 44.3 Å². The lowest BCUT2D eigenvalue weighted by molar-refractivity contribution is -0.120. The van der Waals surface area contributed by atoms with Gasteiger partial charge in [0.25, 0.3) is 0 Å². The highest BCUT2D eigenvalue weighted by atomic mass is 16.1. The molecule has 5 heteroatoms. The zero-order valence-electron chi connectivity index (χ0n) is 14.4. The van der Waals surface area contributed by atoms with Crippen LogP contribution in [-0.4, -0.2) is 23.5 Å². The number of nitrogens with zero attached hydrogens (tertiary/aromatic N) is 1. The monoisotopic (exact) mass is 338 g/mol. The van der Waals surface area contributed by atoms with Crippen LogP contribution in [0.1, 0.15) is 31.2 Å². The average Bonchev–Trinajstić information content (AvgIpc) is 2.67. The minimum atomic E-state index is 0.107. The van der Waals surface area contributed by atoms with E-state index >= 15 is 0 Å². The third-order valence-electron chi connectivity index (χ3n) is 4.73. The fraction of sp³-hybridized carbons (Fsp3) is 0.400. The summed E-state index contributed by atoms with van der Waals surface area (Å²) in [6.45, 7) is 0.909. The van der Waals surface area contributed by atoms with E-state index in [1.54, 1.807) is 12.4 Å². The largest absolute Gasteiger partial charge is 0.326 e. The second kappa shape index (κ2) is 9.30. The molecule has 1 aliphatic carbocycles. The lowest BCUT2D eigenvalue weighted by Crippen LogP contribution is -2.44. The molecular weight excluding hydrogens is 312 g/mol. The number of pyridine rings is 1. The van der Waals surface area contributed by atoms with Crippen molar-refractivity contribution in [3.05, 3.63) is 60.4 Å². The van der Waals surface area contributed by atoms with Crippen molar-refractivity contribution in [1.82, 2.24) is 15.8 Å². The minimum Gasteiger partial charge on any atom is -0.326 e. The molecule has 1 fully saturated rings. The van der Waals surface area contributed by atoms with Gasteiger partial charge in [-0.25, -0.2) is 0 Å². The SMILES string of the molecule is O=C(Nc1ccncc1)C1CCC(NNCCc2ccccc2)CC1. The Morgan fingerprint density at radius 2 is 1.72 bits per heavy atom. The Bertz CT molecular complexity index is 639. The van der Waals surface area contributed by atoms with Gasteiger partial charge in [0, 0.05) is 36.6 Å². The van der Waals surface area contributed by atoms with Crippen molar-refractivity contribution in [3.63, 3.8) is 0 Å². The zero-order chi connectivity index (χ0) is 17.3. The summed E-state index contributed by atoms with van der Waals surface area (Å²) in [5.74, 6) is 0.234. The third-order valence-corrected chi connectivity index (χ3v) is 4.73. The van der Waals surface area contributed by atoms with Crippen molar-refractivity contribution in [1.29, 1.82) is 0 Å². The molecule has 1 amide bonds. The summed E-state index contributed by atoms with van der Waals surface area (Å²) in [7, 11) is 0. The maximum atomic E-state index is 12.3. The maximum Gasteiger partial charge on any atom is 0.227 e. The Morgan fingerprint density at radius 3 is 2.44 bits per heavy atom. The van der Waals surface area contributed by atoms with Crippen molar-refractivity contribution in [3.8, 4) is 0 Å². The summed E-state index contributed by atoms with van der Waals surface area (Å²) in [5, 5.41) is 2.98. The van der Waals surface area contributed by atoms with Gasteiger partial charge in [-0.3, -0.25) is 20.6 Å². The summed E-state index contributed by atoms with van der Waals surface area (Å²) >= 11 is 0. The Labute approximate surface area is 149 Å². The van der Waals surface area contributed by atoms with Gasteiger partial charge in [0.05, 0.1) is 0 Å². The molecule has 1 aromatic heterocycles. The molecule has 0 atom stereocenters. The highest BCUT2D eigenvalue weighted by molar-refractivity contribution is 5.92. The number of anilines is 1. The number of nitrogens with one attached hydrogen (secondary N) is 3. The van der Waals surface area contributed by atoms with Gasteiger partial charge in [-0.05, 0) is 49.8 Å². The van der Waals surface area contributed by atoms with E-state index in [1.165, 1.54) is 5.56 Å². The second-order valence-corrected chi connectivity index (χ2v) is 6.58. The van der Waals surface area contributed by atoms with Gasteiger partial charge in [-0.1, -0.05) is 30.3 Å². The van der Waals surface area contributed by atoms with Crippen LogP contribution in [0.3, 0.4) is 0 Å². The third kappa shape index (κ3) is 5.66. The van der Waals surface area contributed by atoms with Crippen LogP contribution in [0.15, 0.2) is 54.9 Å². The summed E-state index contributed by atoms with van der Waals surface area (Å²) in [6, 6.07) is 14.6. The molecule has 0 bridgehead atoms. The first-order valence-electron chi connectivity index (χ1n) is 9.04. The molecule has 3 N–H and O–H groups in total. The molecule has 5 nitrogen and oxygen atoms in total. The molecule has 132 valence electrons. The molecule has 0 aliphatic heterocycles. The quantitative estimate of drug-likeness (QED) is 0.536. The first kappa shape index (κ1) is 17.6. The van der Waals surface area contributed by atoms with E-state index in [-0.39, 0.29) is 11.8 Å². The van der Waals surface area contributed by atoms with Crippen LogP contribution in [0.5, 0.6) is 0 Å². The molecule has 1 aromatic carbocycles. The number of benzene rings is 1. The molecule has 1 aliphatic rings. The highest BCUT2D eigenvalue weighted by Gasteiger charge is 2.26. The lowest BCUT2D eigenvalue weighted by atomic mass is 9.85. The summed E-state index contributed by atoms with van der Waals surface area (Å²) in [5.41, 5.74) is 8.90. The Balaban J connectivity index is 1.32. The van der Waals surface area contributed by atoms with Gasteiger partial charge in [-0.15, -0.1) is 0 Å². The van der Waals surface area contributed by atoms with E-state index < -0.39 is 0 Å². The fourth-order valence-corrected chi connectivity index (χ4v) is 3.25. The van der Waals surface area contributed by atoms with Crippen LogP contribution in [0.2, 0.25) is 0 Å². The molecule has 25 heavy (non-hydrogen) atoms. The average molecular weight is 338 g/mol. The van der Waals surface area contributed by atoms with Crippen LogP contribution in [0.4, 0.5) is 5.69 Å². The number of carbonyl (C=O) groups is 1. The molecule has 1 heterocycles. The first-order chi connectivity index (χ1) is 12.3. The van der Waals surface area contributed by atoms with E-state index in [0.29, 0.717) is 6.04 Å². The molecule has 2 aromatic rings. The molecule has 3 rings (SSSR count). The normalized spacial score (nSPS) is 20.2. The Morgan fingerprint density at radius 1 is 1.00 bits per heavy atom. The van der Waals surface area contributed by atoms with E-state index in [2.05, 4.69) is 45.4 Å².